The van der Waals surface area contributed by atoms with Gasteiger partial charge >= 0.3 is 0 Å². The molecule has 2 rings (SSSR count). The molecule has 2 aromatic rings. The van der Waals surface area contributed by atoms with Gasteiger partial charge in [0.1, 0.15) is 5.75 Å². The molecule has 19 heavy (non-hydrogen) atoms. The average molecular weight is 277 g/mol. The molecule has 100 valence electrons. The summed E-state index contributed by atoms with van der Waals surface area (Å²) in [5.74, 6) is 6.48. The molecule has 0 fully saturated rings. The fourth-order valence-corrected chi connectivity index (χ4v) is 2.23. The van der Waals surface area contributed by atoms with Crippen molar-refractivity contribution >= 4 is 11.6 Å². The van der Waals surface area contributed by atoms with E-state index in [1.807, 2.05) is 48.5 Å². The molecule has 0 saturated carbocycles. The van der Waals surface area contributed by atoms with Crippen LogP contribution in [0.4, 0.5) is 0 Å². The summed E-state index contributed by atoms with van der Waals surface area (Å²) in [5, 5.41) is 0.755. The third kappa shape index (κ3) is 3.47. The highest BCUT2D eigenvalue weighted by Crippen LogP contribution is 2.25. The second kappa shape index (κ2) is 6.57. The Morgan fingerprint density at radius 2 is 2.00 bits per heavy atom. The number of hydrazine groups is 1. The van der Waals surface area contributed by atoms with Crippen LogP contribution in [0, 0.1) is 0 Å². The van der Waals surface area contributed by atoms with E-state index < -0.39 is 0 Å². The molecule has 1 atom stereocenters. The molecular weight excluding hydrogens is 260 g/mol. The molecule has 0 bridgehead atoms. The van der Waals surface area contributed by atoms with Crippen molar-refractivity contribution in [1.29, 1.82) is 0 Å². The van der Waals surface area contributed by atoms with Crippen LogP contribution in [-0.4, -0.2) is 7.11 Å². The molecule has 0 heterocycles. The minimum atomic E-state index is -0.00463. The van der Waals surface area contributed by atoms with Gasteiger partial charge in [-0.3, -0.25) is 11.3 Å². The number of hydrogen-bond donors (Lipinski definition) is 2. The number of rotatable bonds is 5. The summed E-state index contributed by atoms with van der Waals surface area (Å²) >= 11 is 6.18. The number of halogens is 1. The quantitative estimate of drug-likeness (QED) is 0.652. The summed E-state index contributed by atoms with van der Waals surface area (Å²) in [5.41, 5.74) is 4.97. The van der Waals surface area contributed by atoms with Crippen LogP contribution in [0.15, 0.2) is 48.5 Å². The molecule has 0 aliphatic carbocycles. The molecule has 0 aliphatic heterocycles. The molecule has 4 heteroatoms. The van der Waals surface area contributed by atoms with Crippen molar-refractivity contribution in [3.63, 3.8) is 0 Å². The fourth-order valence-electron chi connectivity index (χ4n) is 2.02. The van der Waals surface area contributed by atoms with Gasteiger partial charge in [0.15, 0.2) is 0 Å². The molecule has 3 nitrogen and oxygen atoms in total. The van der Waals surface area contributed by atoms with Gasteiger partial charge in [0.05, 0.1) is 13.2 Å². The second-order valence-corrected chi connectivity index (χ2v) is 4.70. The maximum atomic E-state index is 6.18. The number of nitrogens with one attached hydrogen (secondary N) is 1. The lowest BCUT2D eigenvalue weighted by Crippen LogP contribution is -2.29. The van der Waals surface area contributed by atoms with Gasteiger partial charge in [0, 0.05) is 5.02 Å². The number of benzene rings is 2. The van der Waals surface area contributed by atoms with E-state index in [1.54, 1.807) is 7.11 Å². The van der Waals surface area contributed by atoms with Gasteiger partial charge in [0.2, 0.25) is 0 Å². The van der Waals surface area contributed by atoms with E-state index in [0.29, 0.717) is 0 Å². The molecule has 3 N–H and O–H groups in total. The van der Waals surface area contributed by atoms with Gasteiger partial charge in [0.25, 0.3) is 0 Å². The number of ether oxygens (including phenoxy) is 1. The van der Waals surface area contributed by atoms with Gasteiger partial charge in [-0.25, -0.2) is 0 Å². The zero-order chi connectivity index (χ0) is 13.7. The average Bonchev–Trinajstić information content (AvgIpc) is 2.46. The Morgan fingerprint density at radius 1 is 1.21 bits per heavy atom. The molecule has 0 aromatic heterocycles. The van der Waals surface area contributed by atoms with E-state index in [-0.39, 0.29) is 6.04 Å². The topological polar surface area (TPSA) is 47.3 Å². The monoisotopic (exact) mass is 276 g/mol. The zero-order valence-corrected chi connectivity index (χ0v) is 11.5. The van der Waals surface area contributed by atoms with E-state index in [4.69, 9.17) is 22.2 Å². The Hall–Kier alpha value is -1.55. The minimum Gasteiger partial charge on any atom is -0.497 e. The van der Waals surface area contributed by atoms with Crippen molar-refractivity contribution in [3.05, 3.63) is 64.7 Å². The van der Waals surface area contributed by atoms with Crippen LogP contribution in [0.5, 0.6) is 5.75 Å². The smallest absolute Gasteiger partial charge is 0.119 e. The highest BCUT2D eigenvalue weighted by molar-refractivity contribution is 6.31. The Morgan fingerprint density at radius 3 is 2.68 bits per heavy atom. The van der Waals surface area contributed by atoms with E-state index in [0.717, 1.165) is 28.3 Å². The van der Waals surface area contributed by atoms with Crippen LogP contribution in [0.1, 0.15) is 17.2 Å². The second-order valence-electron chi connectivity index (χ2n) is 4.29. The van der Waals surface area contributed by atoms with Crippen LogP contribution in [0.2, 0.25) is 5.02 Å². The van der Waals surface area contributed by atoms with Gasteiger partial charge in [-0.05, 0) is 35.7 Å². The summed E-state index contributed by atoms with van der Waals surface area (Å²) in [7, 11) is 1.65. The molecule has 0 radical (unpaired) electrons. The molecule has 0 saturated heterocycles. The van der Waals surface area contributed by atoms with Gasteiger partial charge < -0.3 is 4.74 Å². The van der Waals surface area contributed by atoms with E-state index >= 15 is 0 Å². The molecule has 0 spiro atoms. The van der Waals surface area contributed by atoms with Crippen LogP contribution in [0.25, 0.3) is 0 Å². The van der Waals surface area contributed by atoms with Crippen molar-refractivity contribution in [1.82, 2.24) is 5.43 Å². The lowest BCUT2D eigenvalue weighted by molar-refractivity contribution is 0.413. The first-order chi connectivity index (χ1) is 9.24. The summed E-state index contributed by atoms with van der Waals surface area (Å²) in [6.07, 6.45) is 0.726. The highest BCUT2D eigenvalue weighted by Gasteiger charge is 2.12. The standard InChI is InChI=1S/C15H17ClN2O/c1-19-13-7-4-6-12(9-13)15(18-17)10-11-5-2-3-8-14(11)16/h2-9,15,18H,10,17H2,1H3. The van der Waals surface area contributed by atoms with Crippen LogP contribution in [0.3, 0.4) is 0 Å². The van der Waals surface area contributed by atoms with Crippen molar-refractivity contribution in [2.45, 2.75) is 12.5 Å². The van der Waals surface area contributed by atoms with Crippen LogP contribution < -0.4 is 16.0 Å². The van der Waals surface area contributed by atoms with Crippen molar-refractivity contribution < 1.29 is 4.74 Å². The third-order valence-electron chi connectivity index (χ3n) is 3.08. The summed E-state index contributed by atoms with van der Waals surface area (Å²) < 4.78 is 5.23. The normalized spacial score (nSPS) is 12.2. The Bertz CT molecular complexity index is 545. The summed E-state index contributed by atoms with van der Waals surface area (Å²) in [4.78, 5) is 0. The SMILES string of the molecule is COc1cccc(C(Cc2ccccc2Cl)NN)c1. The first kappa shape index (κ1) is 13.9. The first-order valence-corrected chi connectivity index (χ1v) is 6.46. The maximum Gasteiger partial charge on any atom is 0.119 e. The molecule has 0 aliphatic rings. The van der Waals surface area contributed by atoms with Crippen LogP contribution >= 0.6 is 11.6 Å². The predicted molar refractivity (Wildman–Crippen MR) is 78.2 cm³/mol. The Labute approximate surface area is 118 Å². The molecule has 2 aromatic carbocycles. The van der Waals surface area contributed by atoms with Gasteiger partial charge in [-0.2, -0.15) is 0 Å². The molecular formula is C15H17ClN2O. The third-order valence-corrected chi connectivity index (χ3v) is 3.45. The Kier molecular flexibility index (Phi) is 4.80. The summed E-state index contributed by atoms with van der Waals surface area (Å²) in [6, 6.07) is 15.6. The number of nitrogens with two attached hydrogens (primary N) is 1. The van der Waals surface area contributed by atoms with Gasteiger partial charge in [-0.15, -0.1) is 0 Å². The lowest BCUT2D eigenvalue weighted by atomic mass is 9.99. The zero-order valence-electron chi connectivity index (χ0n) is 10.8. The first-order valence-electron chi connectivity index (χ1n) is 6.08. The fraction of sp³-hybridized carbons (Fsp3) is 0.200. The largest absolute Gasteiger partial charge is 0.497 e. The van der Waals surface area contributed by atoms with Crippen molar-refractivity contribution in [3.8, 4) is 5.75 Å². The van der Waals surface area contributed by atoms with Crippen LogP contribution in [-0.2, 0) is 6.42 Å². The van der Waals surface area contributed by atoms with E-state index in [2.05, 4.69) is 5.43 Å². The number of methoxy groups -OCH3 is 1. The molecule has 0 amide bonds. The predicted octanol–water partition coefficient (Wildman–Crippen LogP) is 3.10. The highest BCUT2D eigenvalue weighted by atomic mass is 35.5. The Balaban J connectivity index is 2.22. The van der Waals surface area contributed by atoms with Crippen molar-refractivity contribution in [2.24, 2.45) is 5.84 Å². The minimum absolute atomic E-state index is 0.00463. The molecule has 1 unspecified atom stereocenters. The number of hydrogen-bond acceptors (Lipinski definition) is 3. The maximum absolute atomic E-state index is 6.18. The van der Waals surface area contributed by atoms with E-state index in [9.17, 15) is 0 Å². The van der Waals surface area contributed by atoms with Gasteiger partial charge in [-0.1, -0.05) is 41.9 Å². The lowest BCUT2D eigenvalue weighted by Gasteiger charge is -2.17. The van der Waals surface area contributed by atoms with E-state index in [1.165, 1.54) is 0 Å². The summed E-state index contributed by atoms with van der Waals surface area (Å²) in [6.45, 7) is 0. The van der Waals surface area contributed by atoms with Crippen molar-refractivity contribution in [2.75, 3.05) is 7.11 Å².